The molecule has 0 spiro atoms. The Morgan fingerprint density at radius 3 is 1.58 bits per heavy atom. The fourth-order valence-electron chi connectivity index (χ4n) is 1.93. The molecular formula is C18H12F2N4O2. The second kappa shape index (κ2) is 7.47. The van der Waals surface area contributed by atoms with Crippen LogP contribution in [-0.2, 0) is 0 Å². The van der Waals surface area contributed by atoms with Crippen molar-refractivity contribution >= 4 is 22.7 Å². The van der Waals surface area contributed by atoms with E-state index >= 15 is 0 Å². The van der Waals surface area contributed by atoms with Gasteiger partial charge in [0, 0.05) is 12.1 Å². The number of phenols is 2. The summed E-state index contributed by atoms with van der Waals surface area (Å²) in [5.74, 6) is -2.51. The van der Waals surface area contributed by atoms with Gasteiger partial charge >= 0.3 is 0 Å². The summed E-state index contributed by atoms with van der Waals surface area (Å²) in [6.45, 7) is 0. The Bertz CT molecular complexity index is 972. The maximum atomic E-state index is 13.6. The lowest BCUT2D eigenvalue weighted by Crippen LogP contribution is -1.80. The molecule has 2 N–H and O–H groups in total. The van der Waals surface area contributed by atoms with Crippen LogP contribution in [0.15, 0.2) is 81.1 Å². The van der Waals surface area contributed by atoms with E-state index < -0.39 is 17.4 Å². The van der Waals surface area contributed by atoms with Crippen molar-refractivity contribution in [2.75, 3.05) is 0 Å². The van der Waals surface area contributed by atoms with Gasteiger partial charge in [-0.05, 0) is 48.5 Å². The maximum Gasteiger partial charge on any atom is 0.167 e. The van der Waals surface area contributed by atoms with Gasteiger partial charge in [-0.2, -0.15) is 15.3 Å². The van der Waals surface area contributed by atoms with Crippen LogP contribution in [0.25, 0.3) is 0 Å². The molecule has 0 unspecified atom stereocenters. The summed E-state index contributed by atoms with van der Waals surface area (Å²) in [4.78, 5) is 0. The van der Waals surface area contributed by atoms with Crippen molar-refractivity contribution in [1.82, 2.24) is 0 Å². The molecule has 3 rings (SSSR count). The Morgan fingerprint density at radius 1 is 0.577 bits per heavy atom. The number of halogens is 2. The number of aromatic hydroxyl groups is 2. The molecule has 3 aromatic rings. The minimum Gasteiger partial charge on any atom is -0.508 e. The van der Waals surface area contributed by atoms with Gasteiger partial charge in [-0.25, -0.2) is 8.78 Å². The third kappa shape index (κ3) is 4.23. The van der Waals surface area contributed by atoms with Crippen LogP contribution in [0.2, 0.25) is 0 Å². The molecule has 0 amide bonds. The van der Waals surface area contributed by atoms with Gasteiger partial charge in [0.2, 0.25) is 0 Å². The monoisotopic (exact) mass is 354 g/mol. The van der Waals surface area contributed by atoms with Crippen LogP contribution < -0.4 is 0 Å². The fourth-order valence-corrected chi connectivity index (χ4v) is 1.93. The molecule has 8 heteroatoms. The molecule has 3 aromatic carbocycles. The summed E-state index contributed by atoms with van der Waals surface area (Å²) in [6, 6.07) is 14.1. The number of nitrogens with zero attached hydrogens (tertiary/aromatic N) is 4. The largest absolute Gasteiger partial charge is 0.508 e. The molecule has 0 heterocycles. The number of phenolic OH excluding ortho intramolecular Hbond substituents is 2. The Morgan fingerprint density at radius 2 is 1.04 bits per heavy atom. The lowest BCUT2D eigenvalue weighted by atomic mass is 10.3. The summed E-state index contributed by atoms with van der Waals surface area (Å²) < 4.78 is 26.8. The molecule has 0 saturated carbocycles. The van der Waals surface area contributed by atoms with Gasteiger partial charge in [0.1, 0.15) is 11.4 Å². The third-order valence-electron chi connectivity index (χ3n) is 3.27. The number of benzene rings is 3. The smallest absolute Gasteiger partial charge is 0.167 e. The van der Waals surface area contributed by atoms with Crippen LogP contribution in [-0.4, -0.2) is 10.2 Å². The zero-order valence-corrected chi connectivity index (χ0v) is 13.2. The highest BCUT2D eigenvalue weighted by molar-refractivity contribution is 5.49. The molecule has 6 nitrogen and oxygen atoms in total. The van der Waals surface area contributed by atoms with E-state index in [1.807, 2.05) is 0 Å². The lowest BCUT2D eigenvalue weighted by molar-refractivity contribution is 0.427. The van der Waals surface area contributed by atoms with Gasteiger partial charge < -0.3 is 10.2 Å². The Kier molecular flexibility index (Phi) is 4.93. The topological polar surface area (TPSA) is 89.9 Å². The first kappa shape index (κ1) is 17.2. The Balaban J connectivity index is 1.71. The van der Waals surface area contributed by atoms with E-state index in [0.717, 1.165) is 6.07 Å². The molecule has 0 radical (unpaired) electrons. The van der Waals surface area contributed by atoms with Crippen LogP contribution in [0, 0.1) is 11.6 Å². The molecule has 0 bridgehead atoms. The highest BCUT2D eigenvalue weighted by Crippen LogP contribution is 2.28. The predicted molar refractivity (Wildman–Crippen MR) is 90.9 cm³/mol. The van der Waals surface area contributed by atoms with Crippen molar-refractivity contribution in [3.8, 4) is 11.5 Å². The van der Waals surface area contributed by atoms with E-state index in [9.17, 15) is 13.9 Å². The number of hydrogen-bond acceptors (Lipinski definition) is 6. The van der Waals surface area contributed by atoms with Gasteiger partial charge in [0.15, 0.2) is 17.4 Å². The first-order valence-electron chi connectivity index (χ1n) is 7.42. The molecule has 0 fully saturated rings. The number of azo groups is 2. The van der Waals surface area contributed by atoms with Crippen LogP contribution in [0.5, 0.6) is 11.5 Å². The molecule has 0 aromatic heterocycles. The first-order chi connectivity index (χ1) is 12.5. The Hall–Kier alpha value is -3.68. The summed E-state index contributed by atoms with van der Waals surface area (Å²) in [5, 5.41) is 33.8. The molecule has 0 saturated heterocycles. The first-order valence-corrected chi connectivity index (χ1v) is 7.42. The second-order valence-corrected chi connectivity index (χ2v) is 5.19. The van der Waals surface area contributed by atoms with Crippen LogP contribution in [0.1, 0.15) is 0 Å². The van der Waals surface area contributed by atoms with E-state index in [-0.39, 0.29) is 11.4 Å². The Labute approximate surface area is 146 Å². The van der Waals surface area contributed by atoms with Crippen molar-refractivity contribution in [2.45, 2.75) is 0 Å². The average Bonchev–Trinajstić information content (AvgIpc) is 2.64. The third-order valence-corrected chi connectivity index (χ3v) is 3.27. The molecule has 26 heavy (non-hydrogen) atoms. The highest BCUT2D eigenvalue weighted by atomic mass is 19.1. The number of hydrogen-bond donors (Lipinski definition) is 2. The van der Waals surface area contributed by atoms with Crippen molar-refractivity contribution in [2.24, 2.45) is 20.5 Å². The van der Waals surface area contributed by atoms with E-state index in [1.165, 1.54) is 12.1 Å². The summed E-state index contributed by atoms with van der Waals surface area (Å²) in [7, 11) is 0. The minimum absolute atomic E-state index is 0.142. The molecule has 130 valence electrons. The van der Waals surface area contributed by atoms with E-state index in [2.05, 4.69) is 20.5 Å². The SMILES string of the molecule is Oc1ccc(N=Nc2ccc(N=Nc3cc(F)c(O)cc3F)cc2)cc1. The summed E-state index contributed by atoms with van der Waals surface area (Å²) in [5.41, 5.74) is 1.22. The highest BCUT2D eigenvalue weighted by Gasteiger charge is 2.08. The zero-order chi connectivity index (χ0) is 18.5. The van der Waals surface area contributed by atoms with Crippen molar-refractivity contribution in [1.29, 1.82) is 0 Å². The predicted octanol–water partition coefficient (Wildman–Crippen LogP) is 6.21. The average molecular weight is 354 g/mol. The zero-order valence-electron chi connectivity index (χ0n) is 13.2. The van der Waals surface area contributed by atoms with E-state index in [0.29, 0.717) is 23.1 Å². The molecular weight excluding hydrogens is 342 g/mol. The van der Waals surface area contributed by atoms with Gasteiger partial charge in [-0.3, -0.25) is 0 Å². The molecule has 0 aliphatic carbocycles. The quantitative estimate of drug-likeness (QED) is 0.546. The summed E-state index contributed by atoms with van der Waals surface area (Å²) in [6.07, 6.45) is 0. The van der Waals surface area contributed by atoms with E-state index in [1.54, 1.807) is 36.4 Å². The van der Waals surface area contributed by atoms with Crippen LogP contribution in [0.3, 0.4) is 0 Å². The number of rotatable bonds is 4. The molecule has 0 aliphatic rings. The van der Waals surface area contributed by atoms with E-state index in [4.69, 9.17) is 5.11 Å². The van der Waals surface area contributed by atoms with Gasteiger partial charge in [-0.1, -0.05) is 0 Å². The standard InChI is InChI=1S/C18H12F2N4O2/c19-15-10-18(26)16(20)9-17(15)24-23-12-3-1-11(2-4-12)21-22-13-5-7-14(25)8-6-13/h1-10,25-26H. The maximum absolute atomic E-state index is 13.6. The van der Waals surface area contributed by atoms with Crippen molar-refractivity contribution in [3.63, 3.8) is 0 Å². The molecule has 0 atom stereocenters. The van der Waals surface area contributed by atoms with Gasteiger partial charge in [-0.15, -0.1) is 5.11 Å². The van der Waals surface area contributed by atoms with Gasteiger partial charge in [0.25, 0.3) is 0 Å². The van der Waals surface area contributed by atoms with Crippen LogP contribution in [0.4, 0.5) is 31.5 Å². The fraction of sp³-hybridized carbons (Fsp3) is 0. The second-order valence-electron chi connectivity index (χ2n) is 5.19. The normalized spacial score (nSPS) is 11.5. The summed E-state index contributed by atoms with van der Waals surface area (Å²) >= 11 is 0. The van der Waals surface area contributed by atoms with Gasteiger partial charge in [0.05, 0.1) is 17.1 Å². The molecule has 0 aliphatic heterocycles. The lowest BCUT2D eigenvalue weighted by Gasteiger charge is -1.99. The van der Waals surface area contributed by atoms with Crippen LogP contribution >= 0.6 is 0 Å². The minimum atomic E-state index is -0.981. The van der Waals surface area contributed by atoms with Crippen molar-refractivity contribution in [3.05, 3.63) is 72.3 Å². The van der Waals surface area contributed by atoms with Crippen molar-refractivity contribution < 1.29 is 19.0 Å².